The number of hydrogen-bond acceptors (Lipinski definition) is 3. The zero-order valence-electron chi connectivity index (χ0n) is 10.5. The molecular weight excluding hydrogens is 281 g/mol. The molecule has 104 valence electrons. The smallest absolute Gasteiger partial charge is 0.299 e. The normalized spacial score (nSPS) is 11.5. The van der Waals surface area contributed by atoms with E-state index in [1.54, 1.807) is 22.7 Å². The molecule has 0 spiro atoms. The van der Waals surface area contributed by atoms with Crippen LogP contribution in [-0.2, 0) is 6.18 Å². The van der Waals surface area contributed by atoms with Crippen molar-refractivity contribution in [2.24, 2.45) is 0 Å². The lowest BCUT2D eigenvalue weighted by molar-refractivity contribution is -0.137. The lowest BCUT2D eigenvalue weighted by Gasteiger charge is -2.08. The molecule has 3 heterocycles. The number of alkyl halides is 3. The van der Waals surface area contributed by atoms with Crippen molar-refractivity contribution in [2.45, 2.75) is 6.18 Å². The highest BCUT2D eigenvalue weighted by Gasteiger charge is 2.31. The summed E-state index contributed by atoms with van der Waals surface area (Å²) >= 11 is 0. The van der Waals surface area contributed by atoms with Crippen molar-refractivity contribution in [1.29, 1.82) is 5.26 Å². The van der Waals surface area contributed by atoms with Gasteiger partial charge in [0.2, 0.25) is 0 Å². The van der Waals surface area contributed by atoms with E-state index in [0.717, 1.165) is 12.3 Å². The number of nitrogens with zero attached hydrogens (tertiary/aromatic N) is 4. The molecule has 0 aliphatic heterocycles. The lowest BCUT2D eigenvalue weighted by atomic mass is 10.1. The SMILES string of the molecule is N#Cc1cccn2c(-c3cncc(C(F)(F)F)c3)cnc12. The van der Waals surface area contributed by atoms with Gasteiger partial charge in [-0.15, -0.1) is 0 Å². The Balaban J connectivity index is 2.20. The second-order valence-corrected chi connectivity index (χ2v) is 4.33. The maximum atomic E-state index is 12.7. The number of hydrogen-bond donors (Lipinski definition) is 0. The van der Waals surface area contributed by atoms with Gasteiger partial charge in [-0.3, -0.25) is 9.38 Å². The van der Waals surface area contributed by atoms with Crippen molar-refractivity contribution in [3.8, 4) is 17.3 Å². The summed E-state index contributed by atoms with van der Waals surface area (Å²) in [6.07, 6.45) is 0.707. The number of aromatic nitrogens is 3. The van der Waals surface area contributed by atoms with Crippen LogP contribution in [-0.4, -0.2) is 14.4 Å². The van der Waals surface area contributed by atoms with Crippen LogP contribution in [0, 0.1) is 11.3 Å². The molecule has 3 aromatic rings. The second-order valence-electron chi connectivity index (χ2n) is 4.33. The van der Waals surface area contributed by atoms with Gasteiger partial charge in [0.1, 0.15) is 6.07 Å². The molecule has 0 saturated heterocycles. The third-order valence-corrected chi connectivity index (χ3v) is 3.02. The molecule has 4 nitrogen and oxygen atoms in total. The molecule has 7 heteroatoms. The van der Waals surface area contributed by atoms with Gasteiger partial charge >= 0.3 is 6.18 Å². The van der Waals surface area contributed by atoms with Crippen LogP contribution in [0.25, 0.3) is 16.9 Å². The summed E-state index contributed by atoms with van der Waals surface area (Å²) < 4.78 is 39.8. The Morgan fingerprint density at radius 2 is 2.00 bits per heavy atom. The Bertz CT molecular complexity index is 859. The maximum Gasteiger partial charge on any atom is 0.417 e. The molecule has 0 aromatic carbocycles. The molecule has 3 rings (SSSR count). The maximum absolute atomic E-state index is 12.7. The summed E-state index contributed by atoms with van der Waals surface area (Å²) in [5.74, 6) is 0. The first-order chi connectivity index (χ1) is 10.0. The van der Waals surface area contributed by atoms with E-state index in [1.807, 2.05) is 6.07 Å². The van der Waals surface area contributed by atoms with Crippen molar-refractivity contribution in [1.82, 2.24) is 14.4 Å². The Morgan fingerprint density at radius 3 is 2.71 bits per heavy atom. The predicted molar refractivity (Wildman–Crippen MR) is 68.1 cm³/mol. The first-order valence-corrected chi connectivity index (χ1v) is 5.89. The van der Waals surface area contributed by atoms with E-state index in [1.165, 1.54) is 12.4 Å². The van der Waals surface area contributed by atoms with Crippen LogP contribution in [0.15, 0.2) is 43.0 Å². The summed E-state index contributed by atoms with van der Waals surface area (Å²) in [5.41, 5.74) is 0.649. The fourth-order valence-corrected chi connectivity index (χ4v) is 2.05. The minimum Gasteiger partial charge on any atom is -0.299 e. The molecule has 0 radical (unpaired) electrons. The third kappa shape index (κ3) is 2.21. The van der Waals surface area contributed by atoms with Gasteiger partial charge in [-0.2, -0.15) is 18.4 Å². The number of pyridine rings is 2. The molecular formula is C14H7F3N4. The minimum absolute atomic E-state index is 0.285. The van der Waals surface area contributed by atoms with E-state index in [0.29, 0.717) is 16.9 Å². The van der Waals surface area contributed by atoms with Crippen LogP contribution in [0.4, 0.5) is 13.2 Å². The molecule has 0 amide bonds. The van der Waals surface area contributed by atoms with Crippen molar-refractivity contribution in [3.05, 3.63) is 54.1 Å². The number of halogens is 3. The van der Waals surface area contributed by atoms with Crippen LogP contribution >= 0.6 is 0 Å². The topological polar surface area (TPSA) is 54.0 Å². The van der Waals surface area contributed by atoms with Gasteiger partial charge < -0.3 is 0 Å². The summed E-state index contributed by atoms with van der Waals surface area (Å²) in [6, 6.07) is 6.23. The van der Waals surface area contributed by atoms with Crippen molar-refractivity contribution in [2.75, 3.05) is 0 Å². The van der Waals surface area contributed by atoms with E-state index >= 15 is 0 Å². The first-order valence-electron chi connectivity index (χ1n) is 5.89. The zero-order chi connectivity index (χ0) is 15.0. The quantitative estimate of drug-likeness (QED) is 0.690. The van der Waals surface area contributed by atoms with Crippen LogP contribution in [0.1, 0.15) is 11.1 Å². The molecule has 0 atom stereocenters. The number of rotatable bonds is 1. The Labute approximate surface area is 117 Å². The molecule has 0 aliphatic rings. The van der Waals surface area contributed by atoms with E-state index in [-0.39, 0.29) is 5.56 Å². The summed E-state index contributed by atoms with van der Waals surface area (Å²) in [6.45, 7) is 0. The average molecular weight is 288 g/mol. The van der Waals surface area contributed by atoms with Gasteiger partial charge in [-0.05, 0) is 18.2 Å². The van der Waals surface area contributed by atoms with Crippen molar-refractivity contribution < 1.29 is 13.2 Å². The molecule has 0 fully saturated rings. The van der Waals surface area contributed by atoms with Gasteiger partial charge in [-0.25, -0.2) is 4.98 Å². The lowest BCUT2D eigenvalue weighted by Crippen LogP contribution is -2.05. The van der Waals surface area contributed by atoms with Gasteiger partial charge in [0.15, 0.2) is 5.65 Å². The standard InChI is InChI=1S/C14H7F3N4/c15-14(16,17)11-4-10(6-19-7-11)12-8-20-13-9(5-18)2-1-3-21(12)13/h1-4,6-8H. The Hall–Kier alpha value is -2.88. The van der Waals surface area contributed by atoms with E-state index in [4.69, 9.17) is 5.26 Å². The van der Waals surface area contributed by atoms with Crippen LogP contribution in [0.2, 0.25) is 0 Å². The van der Waals surface area contributed by atoms with Crippen molar-refractivity contribution >= 4 is 5.65 Å². The molecule has 21 heavy (non-hydrogen) atoms. The number of fused-ring (bicyclic) bond motifs is 1. The molecule has 0 bridgehead atoms. The van der Waals surface area contributed by atoms with Gasteiger partial charge in [0.05, 0.1) is 23.0 Å². The third-order valence-electron chi connectivity index (χ3n) is 3.02. The Kier molecular flexibility index (Phi) is 2.87. The highest BCUT2D eigenvalue weighted by Crippen LogP contribution is 2.31. The molecule has 0 aliphatic carbocycles. The largest absolute Gasteiger partial charge is 0.417 e. The number of nitriles is 1. The number of imidazole rings is 1. The van der Waals surface area contributed by atoms with Crippen LogP contribution < -0.4 is 0 Å². The average Bonchev–Trinajstić information content (AvgIpc) is 2.90. The summed E-state index contributed by atoms with van der Waals surface area (Å²) in [4.78, 5) is 7.72. The van der Waals surface area contributed by atoms with Crippen LogP contribution in [0.5, 0.6) is 0 Å². The monoisotopic (exact) mass is 288 g/mol. The first kappa shape index (κ1) is 13.1. The van der Waals surface area contributed by atoms with E-state index < -0.39 is 11.7 Å². The van der Waals surface area contributed by atoms with Gasteiger partial charge in [-0.1, -0.05) is 0 Å². The van der Waals surface area contributed by atoms with E-state index in [2.05, 4.69) is 9.97 Å². The summed E-state index contributed by atoms with van der Waals surface area (Å²) in [7, 11) is 0. The summed E-state index contributed by atoms with van der Waals surface area (Å²) in [5, 5.41) is 9.00. The zero-order valence-corrected chi connectivity index (χ0v) is 10.5. The fraction of sp³-hybridized carbons (Fsp3) is 0.0714. The molecule has 0 unspecified atom stereocenters. The molecule has 3 aromatic heterocycles. The fourth-order valence-electron chi connectivity index (χ4n) is 2.05. The van der Waals surface area contributed by atoms with Crippen LogP contribution in [0.3, 0.4) is 0 Å². The molecule has 0 N–H and O–H groups in total. The van der Waals surface area contributed by atoms with Crippen molar-refractivity contribution in [3.63, 3.8) is 0 Å². The van der Waals surface area contributed by atoms with Gasteiger partial charge in [0.25, 0.3) is 0 Å². The predicted octanol–water partition coefficient (Wildman–Crippen LogP) is 3.29. The van der Waals surface area contributed by atoms with Gasteiger partial charge in [0, 0.05) is 24.2 Å². The van der Waals surface area contributed by atoms with E-state index in [9.17, 15) is 13.2 Å². The molecule has 0 saturated carbocycles. The Morgan fingerprint density at radius 1 is 1.19 bits per heavy atom. The highest BCUT2D eigenvalue weighted by atomic mass is 19.4. The second kappa shape index (κ2) is 4.59. The minimum atomic E-state index is -4.46. The highest BCUT2D eigenvalue weighted by molar-refractivity contribution is 5.67.